The Balaban J connectivity index is 2.39. The van der Waals surface area contributed by atoms with Crippen LogP contribution in [0.15, 0.2) is 59.8 Å². The van der Waals surface area contributed by atoms with E-state index >= 15 is 0 Å². The van der Waals surface area contributed by atoms with Crippen LogP contribution in [0.1, 0.15) is 16.7 Å². The molecule has 0 saturated heterocycles. The third-order valence-corrected chi connectivity index (χ3v) is 2.89. The molecule has 0 spiro atoms. The Morgan fingerprint density at radius 2 is 1.71 bits per heavy atom. The van der Waals surface area contributed by atoms with Crippen molar-refractivity contribution in [3.8, 4) is 0 Å². The van der Waals surface area contributed by atoms with Gasteiger partial charge in [-0.25, -0.2) is 0 Å². The van der Waals surface area contributed by atoms with E-state index in [1.807, 2.05) is 60.7 Å². The molecular formula is C17H16N2O2. The van der Waals surface area contributed by atoms with E-state index in [1.165, 1.54) is 7.11 Å². The summed E-state index contributed by atoms with van der Waals surface area (Å²) in [6.07, 6.45) is 3.88. The van der Waals surface area contributed by atoms with E-state index in [4.69, 9.17) is 10.6 Å². The Bertz CT molecular complexity index is 676. The van der Waals surface area contributed by atoms with Crippen LogP contribution in [0.5, 0.6) is 0 Å². The van der Waals surface area contributed by atoms with Crippen LogP contribution < -0.4 is 5.73 Å². The van der Waals surface area contributed by atoms with Gasteiger partial charge in [0.15, 0.2) is 5.71 Å². The number of hydrogen-bond acceptors (Lipinski definition) is 3. The van der Waals surface area contributed by atoms with Gasteiger partial charge in [-0.1, -0.05) is 71.9 Å². The summed E-state index contributed by atoms with van der Waals surface area (Å²) in [5.41, 5.74) is 8.01. The molecule has 1 amide bonds. The van der Waals surface area contributed by atoms with Crippen LogP contribution >= 0.6 is 0 Å². The van der Waals surface area contributed by atoms with Gasteiger partial charge >= 0.3 is 0 Å². The zero-order valence-corrected chi connectivity index (χ0v) is 11.7. The highest BCUT2D eigenvalue weighted by atomic mass is 16.6. The lowest BCUT2D eigenvalue weighted by molar-refractivity contribution is -0.112. The highest BCUT2D eigenvalue weighted by molar-refractivity contribution is 6.45. The van der Waals surface area contributed by atoms with Crippen molar-refractivity contribution in [1.82, 2.24) is 0 Å². The molecule has 106 valence electrons. The molecule has 2 rings (SSSR count). The first-order chi connectivity index (χ1) is 10.2. The molecule has 0 unspecified atom stereocenters. The number of rotatable bonds is 5. The molecule has 0 fully saturated rings. The van der Waals surface area contributed by atoms with E-state index in [9.17, 15) is 4.79 Å². The first-order valence-corrected chi connectivity index (χ1v) is 6.46. The van der Waals surface area contributed by atoms with Gasteiger partial charge in [0.2, 0.25) is 0 Å². The van der Waals surface area contributed by atoms with Gasteiger partial charge in [-0.15, -0.1) is 0 Å². The van der Waals surface area contributed by atoms with Crippen LogP contribution in [0.4, 0.5) is 0 Å². The Hall–Kier alpha value is -2.88. The molecule has 21 heavy (non-hydrogen) atoms. The lowest BCUT2D eigenvalue weighted by atomic mass is 10.0. The Kier molecular flexibility index (Phi) is 4.88. The summed E-state index contributed by atoms with van der Waals surface area (Å²) in [7, 11) is 1.38. The summed E-state index contributed by atoms with van der Waals surface area (Å²) in [6.45, 7) is 0. The minimum Gasteiger partial charge on any atom is -0.398 e. The average Bonchev–Trinajstić information content (AvgIpc) is 2.52. The van der Waals surface area contributed by atoms with E-state index in [0.29, 0.717) is 5.56 Å². The number of nitrogens with zero attached hydrogens (tertiary/aromatic N) is 1. The molecule has 0 aliphatic carbocycles. The zero-order chi connectivity index (χ0) is 15.1. The molecular weight excluding hydrogens is 264 g/mol. The highest BCUT2D eigenvalue weighted by Gasteiger charge is 2.13. The Morgan fingerprint density at radius 3 is 2.38 bits per heavy atom. The molecule has 0 radical (unpaired) electrons. The summed E-state index contributed by atoms with van der Waals surface area (Å²) in [4.78, 5) is 16.2. The molecule has 2 aromatic carbocycles. The van der Waals surface area contributed by atoms with Gasteiger partial charge < -0.3 is 10.6 Å². The molecule has 0 aliphatic rings. The number of nitrogens with two attached hydrogens (primary N) is 1. The van der Waals surface area contributed by atoms with E-state index in [2.05, 4.69) is 5.16 Å². The van der Waals surface area contributed by atoms with Crippen LogP contribution in [0.3, 0.4) is 0 Å². The largest absolute Gasteiger partial charge is 0.398 e. The minimum absolute atomic E-state index is 0.103. The fourth-order valence-electron chi connectivity index (χ4n) is 1.93. The van der Waals surface area contributed by atoms with Crippen LogP contribution in [0, 0.1) is 0 Å². The predicted octanol–water partition coefficient (Wildman–Crippen LogP) is 2.69. The van der Waals surface area contributed by atoms with Gasteiger partial charge in [0.05, 0.1) is 0 Å². The second-order valence-electron chi connectivity index (χ2n) is 4.32. The minimum atomic E-state index is -0.627. The van der Waals surface area contributed by atoms with Crippen LogP contribution in [0.2, 0.25) is 0 Å². The van der Waals surface area contributed by atoms with Crippen molar-refractivity contribution >= 4 is 23.8 Å². The number of amides is 1. The second kappa shape index (κ2) is 7.05. The van der Waals surface area contributed by atoms with Crippen molar-refractivity contribution in [1.29, 1.82) is 0 Å². The van der Waals surface area contributed by atoms with Crippen molar-refractivity contribution in [2.24, 2.45) is 10.9 Å². The Labute approximate surface area is 123 Å². The summed E-state index contributed by atoms with van der Waals surface area (Å²) in [5.74, 6) is -0.627. The summed E-state index contributed by atoms with van der Waals surface area (Å²) in [6, 6.07) is 17.3. The number of hydrogen-bond donors (Lipinski definition) is 1. The summed E-state index contributed by atoms with van der Waals surface area (Å²) < 4.78 is 0. The fourth-order valence-corrected chi connectivity index (χ4v) is 1.93. The maximum absolute atomic E-state index is 11.5. The molecule has 4 nitrogen and oxygen atoms in total. The quantitative estimate of drug-likeness (QED) is 0.520. The topological polar surface area (TPSA) is 64.7 Å². The maximum Gasteiger partial charge on any atom is 0.271 e. The maximum atomic E-state index is 11.5. The van der Waals surface area contributed by atoms with Crippen LogP contribution in [-0.4, -0.2) is 18.7 Å². The predicted molar refractivity (Wildman–Crippen MR) is 84.6 cm³/mol. The number of carbonyl (C=O) groups excluding carboxylic acids is 1. The van der Waals surface area contributed by atoms with Gasteiger partial charge in [0.1, 0.15) is 7.11 Å². The van der Waals surface area contributed by atoms with Gasteiger partial charge in [0, 0.05) is 5.56 Å². The lowest BCUT2D eigenvalue weighted by Crippen LogP contribution is -2.25. The molecule has 2 aromatic rings. The number of carbonyl (C=O) groups is 1. The van der Waals surface area contributed by atoms with Crippen LogP contribution in [0.25, 0.3) is 12.2 Å². The molecule has 0 aromatic heterocycles. The summed E-state index contributed by atoms with van der Waals surface area (Å²) >= 11 is 0. The van der Waals surface area contributed by atoms with Crippen LogP contribution in [-0.2, 0) is 9.63 Å². The SMILES string of the molecule is CO/N=C(/C(N)=O)c1ccccc1C=Cc1ccccc1. The van der Waals surface area contributed by atoms with Crippen molar-refractivity contribution in [2.75, 3.05) is 7.11 Å². The molecule has 0 atom stereocenters. The first kappa shape index (κ1) is 14.5. The average molecular weight is 280 g/mol. The molecule has 2 N–H and O–H groups in total. The third kappa shape index (κ3) is 3.79. The van der Waals surface area contributed by atoms with Gasteiger partial charge in [0.25, 0.3) is 5.91 Å². The molecule has 4 heteroatoms. The number of benzene rings is 2. The molecule has 0 aliphatic heterocycles. The smallest absolute Gasteiger partial charge is 0.271 e. The molecule has 0 saturated carbocycles. The van der Waals surface area contributed by atoms with E-state index in [1.54, 1.807) is 6.07 Å². The normalized spacial score (nSPS) is 11.6. The van der Waals surface area contributed by atoms with E-state index in [0.717, 1.165) is 11.1 Å². The van der Waals surface area contributed by atoms with Gasteiger partial charge in [-0.05, 0) is 11.1 Å². The lowest BCUT2D eigenvalue weighted by Gasteiger charge is -2.06. The zero-order valence-electron chi connectivity index (χ0n) is 11.7. The Morgan fingerprint density at radius 1 is 1.05 bits per heavy atom. The van der Waals surface area contributed by atoms with Gasteiger partial charge in [-0.3, -0.25) is 4.79 Å². The third-order valence-electron chi connectivity index (χ3n) is 2.89. The van der Waals surface area contributed by atoms with Gasteiger partial charge in [-0.2, -0.15) is 0 Å². The first-order valence-electron chi connectivity index (χ1n) is 6.46. The standard InChI is InChI=1S/C17H16N2O2/c1-21-19-16(17(18)20)15-10-6-5-9-14(15)12-11-13-7-3-2-4-8-13/h2-12H,1H3,(H2,18,20)/b12-11?,19-16+. The number of primary amides is 1. The van der Waals surface area contributed by atoms with Crippen molar-refractivity contribution < 1.29 is 9.63 Å². The van der Waals surface area contributed by atoms with E-state index < -0.39 is 5.91 Å². The second-order valence-corrected chi connectivity index (χ2v) is 4.32. The van der Waals surface area contributed by atoms with Crippen molar-refractivity contribution in [3.63, 3.8) is 0 Å². The number of oxime groups is 1. The molecule has 0 heterocycles. The monoisotopic (exact) mass is 280 g/mol. The van der Waals surface area contributed by atoms with E-state index in [-0.39, 0.29) is 5.71 Å². The summed E-state index contributed by atoms with van der Waals surface area (Å²) in [5, 5.41) is 3.72. The highest BCUT2D eigenvalue weighted by Crippen LogP contribution is 2.14. The fraction of sp³-hybridized carbons (Fsp3) is 0.0588. The molecule has 0 bridgehead atoms. The van der Waals surface area contributed by atoms with Crippen molar-refractivity contribution in [2.45, 2.75) is 0 Å². The van der Waals surface area contributed by atoms with Crippen molar-refractivity contribution in [3.05, 3.63) is 71.3 Å².